The van der Waals surface area contributed by atoms with Crippen LogP contribution in [-0.4, -0.2) is 48.8 Å². The molecule has 25 heavy (non-hydrogen) atoms. The molecule has 0 saturated carbocycles. The van der Waals surface area contributed by atoms with Crippen LogP contribution < -0.4 is 10.1 Å². The average Bonchev–Trinajstić information content (AvgIpc) is 2.53. The summed E-state index contributed by atoms with van der Waals surface area (Å²) in [5.41, 5.74) is -1.38. The van der Waals surface area contributed by atoms with E-state index in [0.29, 0.717) is 12.1 Å². The lowest BCUT2D eigenvalue weighted by molar-refractivity contribution is -0.148. The van der Waals surface area contributed by atoms with Gasteiger partial charge >= 0.3 is 12.1 Å². The molecule has 0 aliphatic carbocycles. The van der Waals surface area contributed by atoms with E-state index < -0.39 is 23.1 Å². The number of piperazine rings is 1. The molecule has 1 heterocycles. The molecule has 1 fully saturated rings. The van der Waals surface area contributed by atoms with Crippen molar-refractivity contribution < 1.29 is 27.8 Å². The molecule has 8 heteroatoms. The maximum Gasteiger partial charge on any atom is 0.416 e. The first-order chi connectivity index (χ1) is 11.6. The zero-order valence-corrected chi connectivity index (χ0v) is 14.3. The van der Waals surface area contributed by atoms with Gasteiger partial charge in [0.15, 0.2) is 0 Å². The van der Waals surface area contributed by atoms with Crippen LogP contribution in [0.4, 0.5) is 13.2 Å². The molecule has 0 atom stereocenters. The van der Waals surface area contributed by atoms with Gasteiger partial charge in [0.1, 0.15) is 12.4 Å². The Morgan fingerprint density at radius 1 is 1.28 bits per heavy atom. The number of carbonyl (C=O) groups is 1. The summed E-state index contributed by atoms with van der Waals surface area (Å²) < 4.78 is 44.5. The van der Waals surface area contributed by atoms with Crippen molar-refractivity contribution in [3.8, 4) is 5.75 Å². The summed E-state index contributed by atoms with van der Waals surface area (Å²) in [6.07, 6.45) is -4.48. The first kappa shape index (κ1) is 19.5. The van der Waals surface area contributed by atoms with E-state index in [1.807, 2.05) is 0 Å². The number of halogens is 3. The second-order valence-electron chi connectivity index (χ2n) is 6.82. The van der Waals surface area contributed by atoms with Crippen molar-refractivity contribution in [2.24, 2.45) is 5.41 Å². The molecular formula is C17H23F3N2O3. The minimum Gasteiger partial charge on any atom is -0.492 e. The Hall–Kier alpha value is -1.80. The molecular weight excluding hydrogens is 337 g/mol. The van der Waals surface area contributed by atoms with Gasteiger partial charge in [0.25, 0.3) is 0 Å². The van der Waals surface area contributed by atoms with Crippen molar-refractivity contribution in [1.82, 2.24) is 10.2 Å². The minimum absolute atomic E-state index is 0.0858. The van der Waals surface area contributed by atoms with Gasteiger partial charge in [0.05, 0.1) is 11.0 Å². The SMILES string of the molecule is CC(C)(COc1cc(C(F)(F)F)ccc1CN1CCNCC1)C(=O)O. The predicted molar refractivity (Wildman–Crippen MR) is 86.5 cm³/mol. The number of carboxylic acid groups (broad SMARTS) is 1. The van der Waals surface area contributed by atoms with E-state index in [4.69, 9.17) is 9.84 Å². The van der Waals surface area contributed by atoms with Gasteiger partial charge in [-0.25, -0.2) is 0 Å². The minimum atomic E-state index is -4.48. The number of alkyl halides is 3. The van der Waals surface area contributed by atoms with Crippen LogP contribution in [0.2, 0.25) is 0 Å². The lowest BCUT2D eigenvalue weighted by Gasteiger charge is -2.28. The van der Waals surface area contributed by atoms with Crippen LogP contribution in [0.15, 0.2) is 18.2 Å². The lowest BCUT2D eigenvalue weighted by Crippen LogP contribution is -2.43. The van der Waals surface area contributed by atoms with E-state index in [1.165, 1.54) is 19.9 Å². The average molecular weight is 360 g/mol. The van der Waals surface area contributed by atoms with Gasteiger partial charge in [-0.2, -0.15) is 13.2 Å². The first-order valence-electron chi connectivity index (χ1n) is 8.09. The zero-order valence-electron chi connectivity index (χ0n) is 14.3. The quantitative estimate of drug-likeness (QED) is 0.817. The van der Waals surface area contributed by atoms with Crippen LogP contribution in [0, 0.1) is 5.41 Å². The van der Waals surface area contributed by atoms with Crippen molar-refractivity contribution in [3.63, 3.8) is 0 Å². The lowest BCUT2D eigenvalue weighted by atomic mass is 9.95. The number of nitrogens with zero attached hydrogens (tertiary/aromatic N) is 1. The van der Waals surface area contributed by atoms with E-state index in [2.05, 4.69) is 10.2 Å². The van der Waals surface area contributed by atoms with Gasteiger partial charge in [0, 0.05) is 38.3 Å². The molecule has 0 amide bonds. The van der Waals surface area contributed by atoms with Crippen LogP contribution >= 0.6 is 0 Å². The van der Waals surface area contributed by atoms with Gasteiger partial charge in [-0.1, -0.05) is 6.07 Å². The molecule has 0 aromatic heterocycles. The van der Waals surface area contributed by atoms with E-state index in [0.717, 1.165) is 38.3 Å². The Morgan fingerprint density at radius 2 is 1.92 bits per heavy atom. The maximum absolute atomic E-state index is 13.0. The number of aliphatic carboxylic acids is 1. The van der Waals surface area contributed by atoms with Crippen LogP contribution in [0.1, 0.15) is 25.0 Å². The third kappa shape index (κ3) is 5.34. The molecule has 1 saturated heterocycles. The summed E-state index contributed by atoms with van der Waals surface area (Å²) in [4.78, 5) is 13.3. The molecule has 0 radical (unpaired) electrons. The number of rotatable bonds is 6. The maximum atomic E-state index is 13.0. The number of hydrogen-bond acceptors (Lipinski definition) is 4. The number of ether oxygens (including phenoxy) is 1. The molecule has 2 rings (SSSR count). The Bertz CT molecular complexity index is 612. The second-order valence-corrected chi connectivity index (χ2v) is 6.82. The number of carboxylic acids is 1. The van der Waals surface area contributed by atoms with E-state index in [1.54, 1.807) is 0 Å². The van der Waals surface area contributed by atoms with Crippen molar-refractivity contribution >= 4 is 5.97 Å². The van der Waals surface area contributed by atoms with Gasteiger partial charge in [-0.3, -0.25) is 9.69 Å². The molecule has 0 unspecified atom stereocenters. The van der Waals surface area contributed by atoms with Gasteiger partial charge in [0.2, 0.25) is 0 Å². The van der Waals surface area contributed by atoms with Gasteiger partial charge in [-0.05, 0) is 26.0 Å². The molecule has 1 aromatic rings. The molecule has 0 spiro atoms. The molecule has 0 bridgehead atoms. The number of benzene rings is 1. The highest BCUT2D eigenvalue weighted by Crippen LogP contribution is 2.34. The number of nitrogens with one attached hydrogen (secondary N) is 1. The summed E-state index contributed by atoms with van der Waals surface area (Å²) >= 11 is 0. The van der Waals surface area contributed by atoms with Crippen molar-refractivity contribution in [2.45, 2.75) is 26.6 Å². The predicted octanol–water partition coefficient (Wildman–Crippen LogP) is 2.60. The third-order valence-electron chi connectivity index (χ3n) is 4.17. The monoisotopic (exact) mass is 360 g/mol. The molecule has 2 N–H and O–H groups in total. The fourth-order valence-electron chi connectivity index (χ4n) is 2.43. The molecule has 1 aromatic carbocycles. The Labute approximate surface area is 144 Å². The molecule has 1 aliphatic heterocycles. The molecule has 1 aliphatic rings. The van der Waals surface area contributed by atoms with E-state index >= 15 is 0 Å². The summed E-state index contributed by atoms with van der Waals surface area (Å²) in [5, 5.41) is 12.4. The van der Waals surface area contributed by atoms with Crippen molar-refractivity contribution in [2.75, 3.05) is 32.8 Å². The Balaban J connectivity index is 2.23. The Kier molecular flexibility index (Phi) is 5.95. The van der Waals surface area contributed by atoms with E-state index in [-0.39, 0.29) is 12.4 Å². The summed E-state index contributed by atoms with van der Waals surface area (Å²) in [6, 6.07) is 3.40. The fourth-order valence-corrected chi connectivity index (χ4v) is 2.43. The van der Waals surface area contributed by atoms with E-state index in [9.17, 15) is 18.0 Å². The Morgan fingerprint density at radius 3 is 2.48 bits per heavy atom. The second kappa shape index (κ2) is 7.61. The van der Waals surface area contributed by atoms with Crippen LogP contribution in [0.5, 0.6) is 5.75 Å². The molecule has 140 valence electrons. The summed E-state index contributed by atoms with van der Waals surface area (Å²) in [6.45, 7) is 6.42. The van der Waals surface area contributed by atoms with Crippen LogP contribution in [0.3, 0.4) is 0 Å². The highest BCUT2D eigenvalue weighted by Gasteiger charge is 2.33. The fraction of sp³-hybridized carbons (Fsp3) is 0.588. The third-order valence-corrected chi connectivity index (χ3v) is 4.17. The van der Waals surface area contributed by atoms with Crippen molar-refractivity contribution in [3.05, 3.63) is 29.3 Å². The highest BCUT2D eigenvalue weighted by molar-refractivity contribution is 5.73. The zero-order chi connectivity index (χ0) is 18.7. The first-order valence-corrected chi connectivity index (χ1v) is 8.09. The number of hydrogen-bond donors (Lipinski definition) is 2. The largest absolute Gasteiger partial charge is 0.492 e. The normalized spacial score (nSPS) is 16.7. The van der Waals surface area contributed by atoms with Gasteiger partial charge in [-0.15, -0.1) is 0 Å². The smallest absolute Gasteiger partial charge is 0.416 e. The van der Waals surface area contributed by atoms with Gasteiger partial charge < -0.3 is 15.2 Å². The summed E-state index contributed by atoms with van der Waals surface area (Å²) in [5.74, 6) is -0.981. The van der Waals surface area contributed by atoms with Crippen molar-refractivity contribution in [1.29, 1.82) is 0 Å². The molecule has 5 nitrogen and oxygen atoms in total. The standard InChI is InChI=1S/C17H23F3N2O3/c1-16(2,15(23)24)11-25-14-9-13(17(18,19)20)4-3-12(14)10-22-7-5-21-6-8-22/h3-4,9,21H,5-8,10-11H2,1-2H3,(H,23,24). The summed E-state index contributed by atoms with van der Waals surface area (Å²) in [7, 11) is 0. The highest BCUT2D eigenvalue weighted by atomic mass is 19.4. The van der Waals surface area contributed by atoms with Crippen LogP contribution in [-0.2, 0) is 17.5 Å². The topological polar surface area (TPSA) is 61.8 Å². The van der Waals surface area contributed by atoms with Crippen LogP contribution in [0.25, 0.3) is 0 Å².